The first-order chi connectivity index (χ1) is 13.2. The molecule has 5 nitrogen and oxygen atoms in total. The van der Waals surface area contributed by atoms with Gasteiger partial charge in [-0.25, -0.2) is 4.98 Å². The third kappa shape index (κ3) is 3.65. The summed E-state index contributed by atoms with van der Waals surface area (Å²) in [6.07, 6.45) is 11.8. The van der Waals surface area contributed by atoms with Gasteiger partial charge in [0.25, 0.3) is 0 Å². The number of carbonyl (C=O) groups is 1. The van der Waals surface area contributed by atoms with Crippen molar-refractivity contribution in [3.05, 3.63) is 54.6 Å². The van der Waals surface area contributed by atoms with Crippen molar-refractivity contribution in [2.24, 2.45) is 5.92 Å². The molecule has 0 bridgehead atoms. The van der Waals surface area contributed by atoms with E-state index in [1.165, 1.54) is 0 Å². The summed E-state index contributed by atoms with van der Waals surface area (Å²) in [4.78, 5) is 19.1. The summed E-state index contributed by atoms with van der Waals surface area (Å²) in [5, 5.41) is 11.6. The highest BCUT2D eigenvalue weighted by Crippen LogP contribution is 2.47. The summed E-state index contributed by atoms with van der Waals surface area (Å²) >= 11 is 0. The van der Waals surface area contributed by atoms with Crippen LogP contribution in [-0.4, -0.2) is 38.1 Å². The maximum absolute atomic E-state index is 12.9. The lowest BCUT2D eigenvalue weighted by molar-refractivity contribution is -0.155. The molecule has 27 heavy (non-hydrogen) atoms. The highest BCUT2D eigenvalue weighted by molar-refractivity contribution is 5.76. The number of rotatable bonds is 5. The average molecular weight is 367 g/mol. The van der Waals surface area contributed by atoms with Crippen LogP contribution in [0, 0.1) is 5.92 Å². The number of hydrogen-bond acceptors (Lipinski definition) is 3. The van der Waals surface area contributed by atoms with Crippen LogP contribution in [0.1, 0.15) is 50.5 Å². The third-order valence-corrected chi connectivity index (χ3v) is 6.44. The zero-order chi connectivity index (χ0) is 18.7. The van der Waals surface area contributed by atoms with E-state index in [4.69, 9.17) is 0 Å². The van der Waals surface area contributed by atoms with Crippen molar-refractivity contribution in [2.75, 3.05) is 6.54 Å². The molecule has 3 atom stereocenters. The molecule has 0 radical (unpaired) electrons. The van der Waals surface area contributed by atoms with Gasteiger partial charge in [0.1, 0.15) is 0 Å². The van der Waals surface area contributed by atoms with Gasteiger partial charge in [0.15, 0.2) is 0 Å². The standard InChI is InChI=1S/C22H29N3O2/c26-21(11-6-14-24-16-13-23-17-24)25-15-12-22(27,18-7-2-1-3-8-18)19-9-4-5-10-20(19)25/h1-3,7-8,13,16-17,19-20,27H,4-6,9-12,14-15H2/t19-,20-,22+/m1/s1. The van der Waals surface area contributed by atoms with Crippen LogP contribution in [0.3, 0.4) is 0 Å². The van der Waals surface area contributed by atoms with Gasteiger partial charge in [0, 0.05) is 43.9 Å². The fraction of sp³-hybridized carbons (Fsp3) is 0.545. The van der Waals surface area contributed by atoms with Gasteiger partial charge in [-0.05, 0) is 31.2 Å². The summed E-state index contributed by atoms with van der Waals surface area (Å²) < 4.78 is 2.01. The van der Waals surface area contributed by atoms with Gasteiger partial charge in [-0.2, -0.15) is 0 Å². The molecule has 1 N–H and O–H groups in total. The largest absolute Gasteiger partial charge is 0.385 e. The van der Waals surface area contributed by atoms with Crippen LogP contribution in [-0.2, 0) is 16.9 Å². The lowest BCUT2D eigenvalue weighted by atomic mass is 9.66. The lowest BCUT2D eigenvalue weighted by Gasteiger charge is -2.52. The van der Waals surface area contributed by atoms with Crippen LogP contribution in [0.5, 0.6) is 0 Å². The number of aryl methyl sites for hydroxylation is 1. The zero-order valence-corrected chi connectivity index (χ0v) is 15.8. The Morgan fingerprint density at radius 1 is 1.22 bits per heavy atom. The van der Waals surface area contributed by atoms with E-state index in [1.54, 1.807) is 12.5 Å². The first-order valence-electron chi connectivity index (χ1n) is 10.2. The van der Waals surface area contributed by atoms with Crippen molar-refractivity contribution in [2.45, 2.75) is 63.1 Å². The van der Waals surface area contributed by atoms with Gasteiger partial charge >= 0.3 is 0 Å². The molecular formula is C22H29N3O2. The molecule has 1 saturated heterocycles. The predicted octanol–water partition coefficient (Wildman–Crippen LogP) is 3.34. The van der Waals surface area contributed by atoms with Crippen LogP contribution < -0.4 is 0 Å². The Hall–Kier alpha value is -2.14. The number of aromatic nitrogens is 2. The minimum absolute atomic E-state index is 0.139. The van der Waals surface area contributed by atoms with Crippen LogP contribution in [0.2, 0.25) is 0 Å². The summed E-state index contributed by atoms with van der Waals surface area (Å²) in [5.74, 6) is 0.377. The molecule has 1 aromatic heterocycles. The van der Waals surface area contributed by atoms with Crippen LogP contribution >= 0.6 is 0 Å². The van der Waals surface area contributed by atoms with E-state index in [-0.39, 0.29) is 17.9 Å². The van der Waals surface area contributed by atoms with E-state index in [0.717, 1.165) is 44.2 Å². The molecule has 1 aliphatic carbocycles. The van der Waals surface area contributed by atoms with E-state index in [2.05, 4.69) is 9.88 Å². The van der Waals surface area contributed by atoms with Crippen LogP contribution in [0.25, 0.3) is 0 Å². The van der Waals surface area contributed by atoms with Crippen molar-refractivity contribution < 1.29 is 9.90 Å². The van der Waals surface area contributed by atoms with E-state index < -0.39 is 5.60 Å². The Bertz CT molecular complexity index is 746. The molecule has 144 valence electrons. The second-order valence-corrected chi connectivity index (χ2v) is 7.99. The number of benzene rings is 1. The fourth-order valence-electron chi connectivity index (χ4n) is 5.05. The molecule has 2 fully saturated rings. The SMILES string of the molecule is O=C(CCCn1ccnc1)N1CC[C@](O)(c2ccccc2)[C@@H]2CCCC[C@H]21. The number of piperidine rings is 1. The maximum Gasteiger partial charge on any atom is 0.222 e. The van der Waals surface area contributed by atoms with Crippen molar-refractivity contribution in [1.29, 1.82) is 0 Å². The summed E-state index contributed by atoms with van der Waals surface area (Å²) in [6, 6.07) is 10.2. The quantitative estimate of drug-likeness (QED) is 0.882. The number of imidazole rings is 1. The number of hydrogen-bond donors (Lipinski definition) is 1. The predicted molar refractivity (Wildman–Crippen MR) is 104 cm³/mol. The Morgan fingerprint density at radius 2 is 2.04 bits per heavy atom. The number of nitrogens with zero attached hydrogens (tertiary/aromatic N) is 3. The summed E-state index contributed by atoms with van der Waals surface area (Å²) in [7, 11) is 0. The highest BCUT2D eigenvalue weighted by Gasteiger charge is 2.49. The van der Waals surface area contributed by atoms with Gasteiger partial charge < -0.3 is 14.6 Å². The Labute approximate surface area is 161 Å². The van der Waals surface area contributed by atoms with Crippen molar-refractivity contribution >= 4 is 5.91 Å². The van der Waals surface area contributed by atoms with Gasteiger partial charge in [0.2, 0.25) is 5.91 Å². The topological polar surface area (TPSA) is 58.4 Å². The monoisotopic (exact) mass is 367 g/mol. The molecule has 0 spiro atoms. The molecule has 2 aromatic rings. The van der Waals surface area contributed by atoms with E-state index in [1.807, 2.05) is 41.1 Å². The molecule has 0 unspecified atom stereocenters. The van der Waals surface area contributed by atoms with Gasteiger partial charge in [-0.15, -0.1) is 0 Å². The van der Waals surface area contributed by atoms with Crippen molar-refractivity contribution in [3.8, 4) is 0 Å². The van der Waals surface area contributed by atoms with Crippen molar-refractivity contribution in [3.63, 3.8) is 0 Å². The number of likely N-dealkylation sites (tertiary alicyclic amines) is 1. The molecular weight excluding hydrogens is 338 g/mol. The van der Waals surface area contributed by atoms with E-state index >= 15 is 0 Å². The number of fused-ring (bicyclic) bond motifs is 1. The summed E-state index contributed by atoms with van der Waals surface area (Å²) in [6.45, 7) is 1.47. The van der Waals surface area contributed by atoms with E-state index in [9.17, 15) is 9.90 Å². The molecule has 5 heteroatoms. The first-order valence-corrected chi connectivity index (χ1v) is 10.2. The highest BCUT2D eigenvalue weighted by atomic mass is 16.3. The van der Waals surface area contributed by atoms with Gasteiger partial charge in [-0.3, -0.25) is 4.79 Å². The van der Waals surface area contributed by atoms with Gasteiger partial charge in [-0.1, -0.05) is 43.2 Å². The van der Waals surface area contributed by atoms with E-state index in [0.29, 0.717) is 19.4 Å². The Kier molecular flexibility index (Phi) is 5.30. The molecule has 1 aliphatic heterocycles. The molecule has 1 saturated carbocycles. The Balaban J connectivity index is 1.45. The van der Waals surface area contributed by atoms with Gasteiger partial charge in [0.05, 0.1) is 11.9 Å². The second-order valence-electron chi connectivity index (χ2n) is 7.99. The third-order valence-electron chi connectivity index (χ3n) is 6.44. The number of carbonyl (C=O) groups excluding carboxylic acids is 1. The van der Waals surface area contributed by atoms with Crippen molar-refractivity contribution in [1.82, 2.24) is 14.5 Å². The molecule has 2 heterocycles. The molecule has 1 aromatic carbocycles. The zero-order valence-electron chi connectivity index (χ0n) is 15.8. The maximum atomic E-state index is 12.9. The minimum Gasteiger partial charge on any atom is -0.385 e. The Morgan fingerprint density at radius 3 is 2.81 bits per heavy atom. The fourth-order valence-corrected chi connectivity index (χ4v) is 5.05. The number of amides is 1. The smallest absolute Gasteiger partial charge is 0.222 e. The first kappa shape index (κ1) is 18.2. The molecule has 2 aliphatic rings. The van der Waals surface area contributed by atoms with Crippen LogP contribution in [0.4, 0.5) is 0 Å². The van der Waals surface area contributed by atoms with Crippen LogP contribution in [0.15, 0.2) is 49.1 Å². The summed E-state index contributed by atoms with van der Waals surface area (Å²) in [5.41, 5.74) is 0.203. The average Bonchev–Trinajstić information content (AvgIpc) is 3.22. The lowest BCUT2D eigenvalue weighted by Crippen LogP contribution is -2.58. The number of aliphatic hydroxyl groups is 1. The molecule has 1 amide bonds. The normalized spacial score (nSPS) is 28.0. The second kappa shape index (κ2) is 7.85. The molecule has 4 rings (SSSR count). The minimum atomic E-state index is -0.806.